The first-order valence-corrected chi connectivity index (χ1v) is 8.54. The highest BCUT2D eigenvalue weighted by atomic mass is 16.5. The lowest BCUT2D eigenvalue weighted by Crippen LogP contribution is -2.39. The Morgan fingerprint density at radius 3 is 2.21 bits per heavy atom. The summed E-state index contributed by atoms with van der Waals surface area (Å²) in [4.78, 5) is 12.4. The minimum Gasteiger partial charge on any atom is -0.377 e. The summed E-state index contributed by atoms with van der Waals surface area (Å²) in [5, 5.41) is 6.33. The molecule has 2 N–H and O–H groups in total. The van der Waals surface area contributed by atoms with Crippen molar-refractivity contribution in [2.45, 2.75) is 25.0 Å². The number of hydrogen-bond donors (Lipinski definition) is 2. The van der Waals surface area contributed by atoms with E-state index in [1.165, 1.54) is 0 Å². The van der Waals surface area contributed by atoms with Gasteiger partial charge in [-0.25, -0.2) is 0 Å². The molecule has 1 atom stereocenters. The second-order valence-corrected chi connectivity index (χ2v) is 6.09. The molecule has 0 bridgehead atoms. The second kappa shape index (κ2) is 8.62. The standard InChI is InChI=1S/C20H24N2O2/c23-19(15-21-14-18-12-7-13-24-18)22-20(16-8-3-1-4-9-16)17-10-5-2-6-11-17/h1-6,8-11,18,20-21H,7,12-15H2,(H,22,23)/t18-/m0/s1. The first-order valence-electron chi connectivity index (χ1n) is 8.54. The van der Waals surface area contributed by atoms with Crippen molar-refractivity contribution in [2.75, 3.05) is 19.7 Å². The van der Waals surface area contributed by atoms with Crippen LogP contribution in [0.1, 0.15) is 30.0 Å². The number of amides is 1. The fraction of sp³-hybridized carbons (Fsp3) is 0.350. The van der Waals surface area contributed by atoms with Crippen LogP contribution in [-0.2, 0) is 9.53 Å². The van der Waals surface area contributed by atoms with Gasteiger partial charge >= 0.3 is 0 Å². The first-order chi connectivity index (χ1) is 11.8. The predicted octanol–water partition coefficient (Wildman–Crippen LogP) is 2.66. The fourth-order valence-corrected chi connectivity index (χ4v) is 3.01. The molecule has 1 fully saturated rings. The molecule has 0 saturated carbocycles. The summed E-state index contributed by atoms with van der Waals surface area (Å²) in [5.74, 6) is -0.00861. The molecule has 126 valence electrons. The Morgan fingerprint density at radius 1 is 1.04 bits per heavy atom. The predicted molar refractivity (Wildman–Crippen MR) is 94.7 cm³/mol. The van der Waals surface area contributed by atoms with E-state index in [2.05, 4.69) is 10.6 Å². The third-order valence-electron chi connectivity index (χ3n) is 4.25. The molecule has 1 heterocycles. The Bertz CT molecular complexity index is 585. The molecule has 0 radical (unpaired) electrons. The Hall–Kier alpha value is -2.17. The number of ether oxygens (including phenoxy) is 1. The van der Waals surface area contributed by atoms with Crippen LogP contribution >= 0.6 is 0 Å². The molecule has 1 amide bonds. The van der Waals surface area contributed by atoms with E-state index < -0.39 is 0 Å². The van der Waals surface area contributed by atoms with Gasteiger partial charge in [0.25, 0.3) is 0 Å². The zero-order valence-electron chi connectivity index (χ0n) is 13.8. The number of carbonyl (C=O) groups is 1. The van der Waals surface area contributed by atoms with Crippen molar-refractivity contribution < 1.29 is 9.53 Å². The van der Waals surface area contributed by atoms with Crippen molar-refractivity contribution >= 4 is 5.91 Å². The lowest BCUT2D eigenvalue weighted by molar-refractivity contribution is -0.120. The maximum atomic E-state index is 12.4. The molecule has 2 aromatic rings. The van der Waals surface area contributed by atoms with Crippen LogP contribution in [0.2, 0.25) is 0 Å². The van der Waals surface area contributed by atoms with E-state index in [0.717, 1.165) is 37.1 Å². The first kappa shape index (κ1) is 16.7. The van der Waals surface area contributed by atoms with Gasteiger partial charge in [0.05, 0.1) is 18.7 Å². The Morgan fingerprint density at radius 2 is 1.67 bits per heavy atom. The maximum absolute atomic E-state index is 12.4. The van der Waals surface area contributed by atoms with Gasteiger partial charge in [0.1, 0.15) is 0 Å². The van der Waals surface area contributed by atoms with Crippen LogP contribution in [0.3, 0.4) is 0 Å². The number of rotatable bonds is 7. The molecule has 0 unspecified atom stereocenters. The summed E-state index contributed by atoms with van der Waals surface area (Å²) in [6, 6.07) is 20.0. The normalized spacial score (nSPS) is 17.1. The zero-order chi connectivity index (χ0) is 16.6. The van der Waals surface area contributed by atoms with Gasteiger partial charge in [-0.2, -0.15) is 0 Å². The SMILES string of the molecule is O=C(CNC[C@@H]1CCCO1)NC(c1ccccc1)c1ccccc1. The van der Waals surface area contributed by atoms with E-state index in [4.69, 9.17) is 4.74 Å². The van der Waals surface area contributed by atoms with Crippen molar-refractivity contribution in [1.82, 2.24) is 10.6 Å². The monoisotopic (exact) mass is 324 g/mol. The summed E-state index contributed by atoms with van der Waals surface area (Å²) in [6.45, 7) is 1.87. The van der Waals surface area contributed by atoms with E-state index in [0.29, 0.717) is 6.54 Å². The lowest BCUT2D eigenvalue weighted by Gasteiger charge is -2.20. The third-order valence-corrected chi connectivity index (χ3v) is 4.25. The third kappa shape index (κ3) is 4.66. The lowest BCUT2D eigenvalue weighted by atomic mass is 9.99. The summed E-state index contributed by atoms with van der Waals surface area (Å²) < 4.78 is 5.56. The van der Waals surface area contributed by atoms with Gasteiger partial charge in [-0.15, -0.1) is 0 Å². The molecule has 0 aromatic heterocycles. The quantitative estimate of drug-likeness (QED) is 0.823. The average Bonchev–Trinajstić information content (AvgIpc) is 3.15. The number of hydrogen-bond acceptors (Lipinski definition) is 3. The van der Waals surface area contributed by atoms with Crippen LogP contribution in [0.25, 0.3) is 0 Å². The number of benzene rings is 2. The Labute approximate surface area is 143 Å². The highest BCUT2D eigenvalue weighted by Crippen LogP contribution is 2.21. The van der Waals surface area contributed by atoms with Gasteiger partial charge in [0, 0.05) is 13.2 Å². The number of carbonyl (C=O) groups excluding carboxylic acids is 1. The van der Waals surface area contributed by atoms with Crippen LogP contribution in [0.15, 0.2) is 60.7 Å². The van der Waals surface area contributed by atoms with Crippen LogP contribution in [-0.4, -0.2) is 31.7 Å². The summed E-state index contributed by atoms with van der Waals surface area (Å²) in [5.41, 5.74) is 2.16. The summed E-state index contributed by atoms with van der Waals surface area (Å²) >= 11 is 0. The zero-order valence-corrected chi connectivity index (χ0v) is 13.8. The molecule has 1 saturated heterocycles. The summed E-state index contributed by atoms with van der Waals surface area (Å²) in [6.07, 6.45) is 2.44. The minimum absolute atomic E-state index is 0.00861. The largest absolute Gasteiger partial charge is 0.377 e. The molecule has 4 heteroatoms. The molecule has 2 aromatic carbocycles. The molecule has 3 rings (SSSR count). The van der Waals surface area contributed by atoms with E-state index >= 15 is 0 Å². The van der Waals surface area contributed by atoms with E-state index in [1.807, 2.05) is 60.7 Å². The van der Waals surface area contributed by atoms with Crippen molar-refractivity contribution in [3.05, 3.63) is 71.8 Å². The summed E-state index contributed by atoms with van der Waals surface area (Å²) in [7, 11) is 0. The van der Waals surface area contributed by atoms with Crippen molar-refractivity contribution in [3.8, 4) is 0 Å². The second-order valence-electron chi connectivity index (χ2n) is 6.09. The van der Waals surface area contributed by atoms with E-state index in [1.54, 1.807) is 0 Å². The molecule has 24 heavy (non-hydrogen) atoms. The highest BCUT2D eigenvalue weighted by Gasteiger charge is 2.18. The molecule has 1 aliphatic rings. The van der Waals surface area contributed by atoms with Gasteiger partial charge in [-0.05, 0) is 24.0 Å². The van der Waals surface area contributed by atoms with Crippen molar-refractivity contribution in [1.29, 1.82) is 0 Å². The average molecular weight is 324 g/mol. The van der Waals surface area contributed by atoms with E-state index in [-0.39, 0.29) is 18.1 Å². The van der Waals surface area contributed by atoms with Crippen LogP contribution in [0.5, 0.6) is 0 Å². The molecule has 0 spiro atoms. The van der Waals surface area contributed by atoms with Crippen LogP contribution in [0.4, 0.5) is 0 Å². The van der Waals surface area contributed by atoms with Gasteiger partial charge in [-0.3, -0.25) is 4.79 Å². The van der Waals surface area contributed by atoms with Crippen LogP contribution < -0.4 is 10.6 Å². The maximum Gasteiger partial charge on any atom is 0.234 e. The molecule has 4 nitrogen and oxygen atoms in total. The van der Waals surface area contributed by atoms with Crippen LogP contribution in [0, 0.1) is 0 Å². The minimum atomic E-state index is -0.135. The highest BCUT2D eigenvalue weighted by molar-refractivity contribution is 5.79. The van der Waals surface area contributed by atoms with Gasteiger partial charge < -0.3 is 15.4 Å². The van der Waals surface area contributed by atoms with E-state index in [9.17, 15) is 4.79 Å². The molecule has 0 aliphatic carbocycles. The van der Waals surface area contributed by atoms with Crippen molar-refractivity contribution in [2.24, 2.45) is 0 Å². The van der Waals surface area contributed by atoms with Gasteiger partial charge in [-0.1, -0.05) is 60.7 Å². The number of nitrogens with one attached hydrogen (secondary N) is 2. The Balaban J connectivity index is 1.60. The van der Waals surface area contributed by atoms with Crippen molar-refractivity contribution in [3.63, 3.8) is 0 Å². The molecule has 1 aliphatic heterocycles. The smallest absolute Gasteiger partial charge is 0.234 e. The van der Waals surface area contributed by atoms with Gasteiger partial charge in [0.2, 0.25) is 5.91 Å². The topological polar surface area (TPSA) is 50.4 Å². The Kier molecular flexibility index (Phi) is 5.99. The molecular formula is C20H24N2O2. The van der Waals surface area contributed by atoms with Gasteiger partial charge in [0.15, 0.2) is 0 Å². The fourth-order valence-electron chi connectivity index (χ4n) is 3.01. The molecular weight excluding hydrogens is 300 g/mol.